The van der Waals surface area contributed by atoms with Crippen molar-refractivity contribution >= 4 is 23.3 Å². The minimum atomic E-state index is -0.554. The van der Waals surface area contributed by atoms with Gasteiger partial charge in [-0.05, 0) is 48.9 Å². The first-order valence-electron chi connectivity index (χ1n) is 11.8. The molecule has 9 nitrogen and oxygen atoms in total. The predicted molar refractivity (Wildman–Crippen MR) is 125 cm³/mol. The number of ether oxygens (including phenoxy) is 3. The van der Waals surface area contributed by atoms with E-state index in [2.05, 4.69) is 10.6 Å². The molecular weight excluding hydrogens is 457 g/mol. The van der Waals surface area contributed by atoms with Crippen molar-refractivity contribution in [3.05, 3.63) is 53.8 Å². The Bertz CT molecular complexity index is 1080. The first-order valence-corrected chi connectivity index (χ1v) is 11.8. The lowest BCUT2D eigenvalue weighted by atomic mass is 9.84. The summed E-state index contributed by atoms with van der Waals surface area (Å²) < 4.78 is 30.6. The number of hydrogen-bond donors (Lipinski definition) is 3. The molecule has 0 radical (unpaired) electrons. The number of benzene rings is 2. The fraction of sp³-hybridized carbons (Fsp3) is 0.440. The van der Waals surface area contributed by atoms with Crippen LogP contribution in [-0.4, -0.2) is 73.2 Å². The monoisotopic (exact) mass is 485 g/mol. The van der Waals surface area contributed by atoms with Crippen molar-refractivity contribution in [3.8, 4) is 5.75 Å². The Morgan fingerprint density at radius 3 is 2.51 bits per heavy atom. The standard InChI is InChI=1S/C25H28FN3O6/c26-15-1-3-16(4-2-15)27-25(32)28-17-5-6-21-19(11-17)20-12-18(34-22(14-30)24(20)35-21)13-23(31)29-7-9-33-10-8-29/h1-6,11,18,20,22,24,30H,7-10,12-14H2,(H2,27,28,32)/t18-,20-,22-,24+/m1/s1. The normalized spacial score (nSPS) is 25.3. The number of carbonyl (C=O) groups is 2. The van der Waals surface area contributed by atoms with E-state index in [4.69, 9.17) is 14.2 Å². The summed E-state index contributed by atoms with van der Waals surface area (Å²) in [5.74, 6) is 0.221. The lowest BCUT2D eigenvalue weighted by molar-refractivity contribution is -0.151. The number of nitrogens with one attached hydrogen (secondary N) is 2. The van der Waals surface area contributed by atoms with Crippen LogP contribution in [-0.2, 0) is 14.3 Å². The molecule has 0 saturated carbocycles. The third-order valence-corrected chi connectivity index (χ3v) is 6.63. The number of halogens is 1. The zero-order valence-electron chi connectivity index (χ0n) is 19.1. The zero-order chi connectivity index (χ0) is 24.4. The Kier molecular flexibility index (Phi) is 6.85. The molecule has 2 saturated heterocycles. The van der Waals surface area contributed by atoms with Crippen LogP contribution in [0.5, 0.6) is 5.75 Å². The van der Waals surface area contributed by atoms with E-state index in [1.807, 2.05) is 6.07 Å². The Labute approximate surface area is 202 Å². The molecule has 0 spiro atoms. The number of aliphatic hydroxyl groups is 1. The SMILES string of the molecule is O=C(Nc1ccc(F)cc1)Nc1ccc2c(c1)[C@H]1C[C@H](CC(=O)N3CCOCC3)O[C@H](CO)[C@H]1O2. The van der Waals surface area contributed by atoms with Gasteiger partial charge in [0.25, 0.3) is 0 Å². The molecule has 4 atom stereocenters. The maximum absolute atomic E-state index is 13.1. The van der Waals surface area contributed by atoms with E-state index < -0.39 is 12.1 Å². The summed E-state index contributed by atoms with van der Waals surface area (Å²) in [5, 5.41) is 15.4. The molecule has 10 heteroatoms. The second-order valence-electron chi connectivity index (χ2n) is 8.94. The van der Waals surface area contributed by atoms with Crippen molar-refractivity contribution in [2.45, 2.75) is 37.1 Å². The summed E-state index contributed by atoms with van der Waals surface area (Å²) in [6.45, 7) is 1.99. The molecular formula is C25H28FN3O6. The highest BCUT2D eigenvalue weighted by Crippen LogP contribution is 2.47. The first kappa shape index (κ1) is 23.5. The molecule has 0 aliphatic carbocycles. The fourth-order valence-corrected chi connectivity index (χ4v) is 4.93. The van der Waals surface area contributed by atoms with Crippen LogP contribution in [0.1, 0.15) is 24.3 Å². The first-order chi connectivity index (χ1) is 17.0. The van der Waals surface area contributed by atoms with Crippen LogP contribution in [0.3, 0.4) is 0 Å². The van der Waals surface area contributed by atoms with Crippen molar-refractivity contribution in [2.24, 2.45) is 0 Å². The maximum Gasteiger partial charge on any atom is 0.323 e. The van der Waals surface area contributed by atoms with Gasteiger partial charge in [0.1, 0.15) is 23.8 Å². The molecule has 0 unspecified atom stereocenters. The number of amides is 3. The lowest BCUT2D eigenvalue weighted by Crippen LogP contribution is -2.48. The number of aliphatic hydroxyl groups excluding tert-OH is 1. The van der Waals surface area contributed by atoms with Gasteiger partial charge < -0.3 is 34.9 Å². The average Bonchev–Trinajstić information content (AvgIpc) is 3.23. The molecule has 2 aromatic carbocycles. The smallest absolute Gasteiger partial charge is 0.323 e. The van der Waals surface area contributed by atoms with Gasteiger partial charge in [-0.25, -0.2) is 9.18 Å². The molecule has 3 amide bonds. The summed E-state index contributed by atoms with van der Waals surface area (Å²) in [7, 11) is 0. The third kappa shape index (κ3) is 5.24. The second kappa shape index (κ2) is 10.2. The molecule has 0 bridgehead atoms. The number of fused-ring (bicyclic) bond motifs is 3. The molecule has 3 aliphatic rings. The van der Waals surface area contributed by atoms with Crippen LogP contribution in [0, 0.1) is 5.82 Å². The topological polar surface area (TPSA) is 109 Å². The summed E-state index contributed by atoms with van der Waals surface area (Å²) in [4.78, 5) is 27.0. The molecule has 5 rings (SSSR count). The van der Waals surface area contributed by atoms with E-state index in [0.29, 0.717) is 49.8 Å². The highest BCUT2D eigenvalue weighted by molar-refractivity contribution is 5.99. The van der Waals surface area contributed by atoms with E-state index in [1.165, 1.54) is 24.3 Å². The lowest BCUT2D eigenvalue weighted by Gasteiger charge is -2.38. The van der Waals surface area contributed by atoms with Crippen LogP contribution >= 0.6 is 0 Å². The Balaban J connectivity index is 1.27. The highest BCUT2D eigenvalue weighted by Gasteiger charge is 2.46. The van der Waals surface area contributed by atoms with Gasteiger partial charge in [-0.2, -0.15) is 0 Å². The van der Waals surface area contributed by atoms with Gasteiger partial charge in [-0.1, -0.05) is 0 Å². The van der Waals surface area contributed by atoms with Gasteiger partial charge in [0.05, 0.1) is 32.3 Å². The van der Waals surface area contributed by atoms with Gasteiger partial charge in [-0.15, -0.1) is 0 Å². The molecule has 3 heterocycles. The van der Waals surface area contributed by atoms with Gasteiger partial charge in [0.2, 0.25) is 5.91 Å². The van der Waals surface area contributed by atoms with Gasteiger partial charge in [-0.3, -0.25) is 4.79 Å². The number of anilines is 2. The predicted octanol–water partition coefficient (Wildman–Crippen LogP) is 2.71. The molecule has 3 N–H and O–H groups in total. The van der Waals surface area contributed by atoms with Gasteiger partial charge in [0.15, 0.2) is 0 Å². The Morgan fingerprint density at radius 1 is 1.06 bits per heavy atom. The minimum Gasteiger partial charge on any atom is -0.487 e. The quantitative estimate of drug-likeness (QED) is 0.601. The number of rotatable bonds is 5. The Morgan fingerprint density at radius 2 is 1.77 bits per heavy atom. The molecule has 3 aliphatic heterocycles. The number of hydrogen-bond acceptors (Lipinski definition) is 6. The summed E-state index contributed by atoms with van der Waals surface area (Å²) in [6, 6.07) is 10.4. The Hall–Kier alpha value is -3.21. The van der Waals surface area contributed by atoms with E-state index in [-0.39, 0.29) is 42.9 Å². The van der Waals surface area contributed by atoms with E-state index in [9.17, 15) is 19.1 Å². The number of urea groups is 1. The van der Waals surface area contributed by atoms with Crippen LogP contribution in [0.25, 0.3) is 0 Å². The van der Waals surface area contributed by atoms with Crippen LogP contribution < -0.4 is 15.4 Å². The maximum atomic E-state index is 13.1. The van der Waals surface area contributed by atoms with E-state index in [0.717, 1.165) is 5.56 Å². The average molecular weight is 486 g/mol. The van der Waals surface area contributed by atoms with Crippen molar-refractivity contribution in [1.82, 2.24) is 4.90 Å². The second-order valence-corrected chi connectivity index (χ2v) is 8.94. The minimum absolute atomic E-state index is 0.0143. The largest absolute Gasteiger partial charge is 0.487 e. The van der Waals surface area contributed by atoms with Crippen LogP contribution in [0.2, 0.25) is 0 Å². The molecule has 35 heavy (non-hydrogen) atoms. The van der Waals surface area contributed by atoms with Crippen molar-refractivity contribution in [1.29, 1.82) is 0 Å². The summed E-state index contributed by atoms with van der Waals surface area (Å²) in [5.41, 5.74) is 1.94. The number of morpholine rings is 1. The van der Waals surface area contributed by atoms with Gasteiger partial charge in [0, 0.05) is 35.9 Å². The molecule has 2 fully saturated rings. The molecule has 186 valence electrons. The summed E-state index contributed by atoms with van der Waals surface area (Å²) >= 11 is 0. The number of carbonyl (C=O) groups excluding carboxylic acids is 2. The number of nitrogens with zero attached hydrogens (tertiary/aromatic N) is 1. The zero-order valence-corrected chi connectivity index (χ0v) is 19.1. The van der Waals surface area contributed by atoms with E-state index in [1.54, 1.807) is 17.0 Å². The summed E-state index contributed by atoms with van der Waals surface area (Å²) in [6.07, 6.45) is -0.478. The van der Waals surface area contributed by atoms with Crippen LogP contribution in [0.15, 0.2) is 42.5 Å². The van der Waals surface area contributed by atoms with Gasteiger partial charge >= 0.3 is 6.03 Å². The van der Waals surface area contributed by atoms with Crippen molar-refractivity contribution in [3.63, 3.8) is 0 Å². The van der Waals surface area contributed by atoms with Crippen LogP contribution in [0.4, 0.5) is 20.6 Å². The van der Waals surface area contributed by atoms with E-state index >= 15 is 0 Å². The molecule has 0 aromatic heterocycles. The highest BCUT2D eigenvalue weighted by atomic mass is 19.1. The fourth-order valence-electron chi connectivity index (χ4n) is 4.93. The van der Waals surface area contributed by atoms with Crippen molar-refractivity contribution < 1.29 is 33.3 Å². The third-order valence-electron chi connectivity index (χ3n) is 6.63. The van der Waals surface area contributed by atoms with Crippen molar-refractivity contribution in [2.75, 3.05) is 43.5 Å². The molecule has 2 aromatic rings.